The molecule has 0 aromatic heterocycles. The Bertz CT molecular complexity index is 979. The largest absolute Gasteiger partial charge is 0.407 e. The lowest BCUT2D eigenvalue weighted by molar-refractivity contribution is -0.161. The highest BCUT2D eigenvalue weighted by Crippen LogP contribution is 2.34. The van der Waals surface area contributed by atoms with Gasteiger partial charge in [0.25, 0.3) is 0 Å². The van der Waals surface area contributed by atoms with E-state index in [1.165, 1.54) is 19.1 Å². The van der Waals surface area contributed by atoms with Crippen molar-refractivity contribution in [2.24, 2.45) is 5.92 Å². The van der Waals surface area contributed by atoms with E-state index in [9.17, 15) is 22.8 Å². The number of carbonyl (C=O) groups is 2. The van der Waals surface area contributed by atoms with E-state index < -0.39 is 24.2 Å². The predicted molar refractivity (Wildman–Crippen MR) is 116 cm³/mol. The number of halogens is 3. The quantitative estimate of drug-likeness (QED) is 0.429. The molecular weight excluding hydrogens is 419 g/mol. The Morgan fingerprint density at radius 1 is 1.06 bits per heavy atom. The molecule has 170 valence electrons. The van der Waals surface area contributed by atoms with Crippen LogP contribution in [0.25, 0.3) is 11.1 Å². The first-order chi connectivity index (χ1) is 15.0. The van der Waals surface area contributed by atoms with Crippen LogP contribution in [0.15, 0.2) is 48.5 Å². The van der Waals surface area contributed by atoms with Crippen molar-refractivity contribution in [1.82, 2.24) is 10.6 Å². The Labute approximate surface area is 185 Å². The van der Waals surface area contributed by atoms with Gasteiger partial charge in [0.15, 0.2) is 5.78 Å². The van der Waals surface area contributed by atoms with E-state index >= 15 is 0 Å². The Morgan fingerprint density at radius 3 is 2.25 bits per heavy atom. The molecule has 0 bridgehead atoms. The third-order valence-corrected chi connectivity index (χ3v) is 4.91. The van der Waals surface area contributed by atoms with Gasteiger partial charge >= 0.3 is 6.18 Å². The van der Waals surface area contributed by atoms with Crippen molar-refractivity contribution < 1.29 is 22.8 Å². The first-order valence-corrected chi connectivity index (χ1v) is 10.2. The summed E-state index contributed by atoms with van der Waals surface area (Å²) in [5.74, 6) is -0.784. The molecule has 0 unspecified atom stereocenters. The van der Waals surface area contributed by atoms with Gasteiger partial charge in [-0.3, -0.25) is 14.9 Å². The van der Waals surface area contributed by atoms with Gasteiger partial charge in [0.2, 0.25) is 5.91 Å². The van der Waals surface area contributed by atoms with Crippen LogP contribution in [-0.2, 0) is 4.79 Å². The summed E-state index contributed by atoms with van der Waals surface area (Å²) in [5.41, 5.74) is 1.87. The van der Waals surface area contributed by atoms with E-state index in [1.807, 2.05) is 0 Å². The van der Waals surface area contributed by atoms with Crippen molar-refractivity contribution in [3.05, 3.63) is 59.7 Å². The maximum Gasteiger partial charge on any atom is 0.407 e. The Hall–Kier alpha value is -3.18. The van der Waals surface area contributed by atoms with Gasteiger partial charge < -0.3 is 5.32 Å². The second-order valence-electron chi connectivity index (χ2n) is 7.96. The van der Waals surface area contributed by atoms with Gasteiger partial charge in [-0.25, -0.2) is 0 Å². The van der Waals surface area contributed by atoms with Crippen LogP contribution in [0.1, 0.15) is 49.2 Å². The fourth-order valence-corrected chi connectivity index (χ4v) is 3.34. The molecule has 1 amide bonds. The minimum absolute atomic E-state index is 0.0363. The topological polar surface area (TPSA) is 82.0 Å². The summed E-state index contributed by atoms with van der Waals surface area (Å²) in [6.45, 7) is 4.78. The Kier molecular flexibility index (Phi) is 8.56. The SMILES string of the molecule is CC(=O)c1cccc(-c2ccc([C@H](N[C@@H](CC(C)C)C(=O)NCC#N)C(F)(F)F)cc2)c1. The number of amides is 1. The number of nitrogens with zero attached hydrogens (tertiary/aromatic N) is 1. The molecule has 8 heteroatoms. The summed E-state index contributed by atoms with van der Waals surface area (Å²) in [6.07, 6.45) is -4.46. The van der Waals surface area contributed by atoms with Gasteiger partial charge in [-0.15, -0.1) is 0 Å². The van der Waals surface area contributed by atoms with Gasteiger partial charge in [0.1, 0.15) is 12.6 Å². The van der Waals surface area contributed by atoms with Gasteiger partial charge in [-0.2, -0.15) is 18.4 Å². The standard InChI is InChI=1S/C24H26F3N3O2/c1-15(2)13-21(23(32)29-12-11-28)30-22(24(25,26)27)18-9-7-17(8-10-18)20-6-4-5-19(14-20)16(3)31/h4-10,14-15,21-22,30H,12-13H2,1-3H3,(H,29,32)/t21-,22-/m0/s1. The minimum Gasteiger partial charge on any atom is -0.342 e. The van der Waals surface area contributed by atoms with Crippen LogP contribution < -0.4 is 10.6 Å². The molecule has 0 saturated heterocycles. The summed E-state index contributed by atoms with van der Waals surface area (Å²) < 4.78 is 41.7. The maximum absolute atomic E-state index is 13.9. The van der Waals surface area contributed by atoms with Crippen LogP contribution in [0.3, 0.4) is 0 Å². The number of hydrogen-bond donors (Lipinski definition) is 2. The molecule has 0 aliphatic carbocycles. The minimum atomic E-state index is -4.64. The molecule has 0 aliphatic rings. The molecule has 2 N–H and O–H groups in total. The van der Waals surface area contributed by atoms with Gasteiger partial charge in [0, 0.05) is 5.56 Å². The summed E-state index contributed by atoms with van der Waals surface area (Å²) in [7, 11) is 0. The van der Waals surface area contributed by atoms with E-state index in [2.05, 4.69) is 10.6 Å². The lowest BCUT2D eigenvalue weighted by Crippen LogP contribution is -2.49. The second kappa shape index (κ2) is 10.9. The zero-order valence-corrected chi connectivity index (χ0v) is 18.2. The van der Waals surface area contributed by atoms with Crippen LogP contribution in [0.2, 0.25) is 0 Å². The lowest BCUT2D eigenvalue weighted by Gasteiger charge is -2.28. The normalized spacial score (nSPS) is 13.3. The molecule has 0 radical (unpaired) electrons. The van der Waals surface area contributed by atoms with E-state index in [-0.39, 0.29) is 30.2 Å². The van der Waals surface area contributed by atoms with Gasteiger partial charge in [0.05, 0.1) is 12.1 Å². The van der Waals surface area contributed by atoms with Crippen molar-refractivity contribution in [2.45, 2.75) is 45.5 Å². The molecule has 5 nitrogen and oxygen atoms in total. The zero-order chi connectivity index (χ0) is 23.9. The van der Waals surface area contributed by atoms with Crippen molar-refractivity contribution in [3.63, 3.8) is 0 Å². The average Bonchev–Trinajstić information content (AvgIpc) is 2.74. The second-order valence-corrected chi connectivity index (χ2v) is 7.96. The summed E-state index contributed by atoms with van der Waals surface area (Å²) >= 11 is 0. The third kappa shape index (κ3) is 6.92. The van der Waals surface area contributed by atoms with Crippen LogP contribution in [-0.4, -0.2) is 30.5 Å². The van der Waals surface area contributed by atoms with Crippen molar-refractivity contribution in [1.29, 1.82) is 5.26 Å². The number of benzene rings is 2. The van der Waals surface area contributed by atoms with E-state index in [4.69, 9.17) is 5.26 Å². The van der Waals surface area contributed by atoms with Crippen molar-refractivity contribution in [3.8, 4) is 17.2 Å². The number of Topliss-reactive ketones (excluding diaryl/α,β-unsaturated/α-hetero) is 1. The van der Waals surface area contributed by atoms with Crippen LogP contribution in [0.4, 0.5) is 13.2 Å². The van der Waals surface area contributed by atoms with Crippen molar-refractivity contribution in [2.75, 3.05) is 6.54 Å². The number of nitriles is 1. The number of alkyl halides is 3. The van der Waals surface area contributed by atoms with E-state index in [0.717, 1.165) is 0 Å². The number of ketones is 1. The first-order valence-electron chi connectivity index (χ1n) is 10.2. The van der Waals surface area contributed by atoms with Crippen molar-refractivity contribution >= 4 is 11.7 Å². The molecule has 2 aromatic rings. The molecule has 2 aromatic carbocycles. The molecule has 0 spiro atoms. The summed E-state index contributed by atoms with van der Waals surface area (Å²) in [5, 5.41) is 13.4. The first kappa shape index (κ1) is 25.1. The van der Waals surface area contributed by atoms with E-state index in [0.29, 0.717) is 16.7 Å². The average molecular weight is 445 g/mol. The Balaban J connectivity index is 2.32. The highest BCUT2D eigenvalue weighted by molar-refractivity contribution is 5.95. The Morgan fingerprint density at radius 2 is 1.72 bits per heavy atom. The fraction of sp³-hybridized carbons (Fsp3) is 0.375. The monoisotopic (exact) mass is 445 g/mol. The molecule has 2 atom stereocenters. The van der Waals surface area contributed by atoms with Crippen LogP contribution >= 0.6 is 0 Å². The molecular formula is C24H26F3N3O2. The molecule has 0 saturated carbocycles. The number of hydrogen-bond acceptors (Lipinski definition) is 4. The highest BCUT2D eigenvalue weighted by atomic mass is 19.4. The molecule has 0 heterocycles. The zero-order valence-electron chi connectivity index (χ0n) is 18.2. The molecule has 32 heavy (non-hydrogen) atoms. The van der Waals surface area contributed by atoms with E-state index in [1.54, 1.807) is 56.3 Å². The molecule has 0 fully saturated rings. The predicted octanol–water partition coefficient (Wildman–Crippen LogP) is 4.80. The number of nitrogens with one attached hydrogen (secondary N) is 2. The van der Waals surface area contributed by atoms with Gasteiger partial charge in [-0.05, 0) is 42.0 Å². The highest BCUT2D eigenvalue weighted by Gasteiger charge is 2.42. The number of rotatable bonds is 9. The summed E-state index contributed by atoms with van der Waals surface area (Å²) in [4.78, 5) is 23.9. The van der Waals surface area contributed by atoms with Gasteiger partial charge in [-0.1, -0.05) is 56.3 Å². The lowest BCUT2D eigenvalue weighted by atomic mass is 9.97. The third-order valence-electron chi connectivity index (χ3n) is 4.91. The molecule has 0 aliphatic heterocycles. The summed E-state index contributed by atoms with van der Waals surface area (Å²) in [6, 6.07) is 11.3. The maximum atomic E-state index is 13.9. The van der Waals surface area contributed by atoms with Crippen LogP contribution in [0.5, 0.6) is 0 Å². The van der Waals surface area contributed by atoms with Crippen LogP contribution in [0, 0.1) is 17.2 Å². The fourth-order valence-electron chi connectivity index (χ4n) is 3.34. The number of carbonyl (C=O) groups excluding carboxylic acids is 2. The smallest absolute Gasteiger partial charge is 0.342 e. The molecule has 2 rings (SSSR count).